The van der Waals surface area contributed by atoms with Gasteiger partial charge in [-0.2, -0.15) is 0 Å². The second-order valence-corrected chi connectivity index (χ2v) is 4.01. The van der Waals surface area contributed by atoms with Crippen LogP contribution in [0.2, 0.25) is 0 Å². The van der Waals surface area contributed by atoms with E-state index < -0.39 is 0 Å². The van der Waals surface area contributed by atoms with Gasteiger partial charge < -0.3 is 0 Å². The highest BCUT2D eigenvalue weighted by Crippen LogP contribution is 2.19. The van der Waals surface area contributed by atoms with E-state index in [0.29, 0.717) is 5.92 Å². The van der Waals surface area contributed by atoms with Crippen molar-refractivity contribution in [1.29, 1.82) is 0 Å². The summed E-state index contributed by atoms with van der Waals surface area (Å²) in [5.74, 6) is 0.560. The van der Waals surface area contributed by atoms with Gasteiger partial charge in [0.2, 0.25) is 0 Å². The minimum atomic E-state index is 0.560. The molecule has 0 aliphatic carbocycles. The summed E-state index contributed by atoms with van der Waals surface area (Å²) in [7, 11) is 0. The van der Waals surface area contributed by atoms with Crippen molar-refractivity contribution in [2.45, 2.75) is 13.8 Å². The van der Waals surface area contributed by atoms with Crippen LogP contribution in [0.25, 0.3) is 6.08 Å². The fourth-order valence-electron chi connectivity index (χ4n) is 0.875. The Morgan fingerprint density at radius 1 is 1.25 bits per heavy atom. The van der Waals surface area contributed by atoms with Gasteiger partial charge >= 0.3 is 0 Å². The molecule has 0 bridgehead atoms. The van der Waals surface area contributed by atoms with E-state index in [4.69, 9.17) is 0 Å². The highest BCUT2D eigenvalue weighted by Gasteiger charge is 1.97. The average Bonchev–Trinajstić information content (AvgIpc) is 2.06. The van der Waals surface area contributed by atoms with Gasteiger partial charge in [0.15, 0.2) is 0 Å². The van der Waals surface area contributed by atoms with Gasteiger partial charge in [0.1, 0.15) is 0 Å². The summed E-state index contributed by atoms with van der Waals surface area (Å²) in [6.07, 6.45) is 2.16. The molecule has 0 atom stereocenters. The van der Waals surface area contributed by atoms with Gasteiger partial charge in [0, 0.05) is 0 Å². The molecule has 1 heteroatoms. The van der Waals surface area contributed by atoms with Gasteiger partial charge in [-0.25, -0.2) is 0 Å². The molecule has 0 saturated carbocycles. The molecule has 1 rings (SSSR count). The Morgan fingerprint density at radius 3 is 2.33 bits per heavy atom. The first-order valence-corrected chi connectivity index (χ1v) is 4.91. The molecule has 0 aliphatic heterocycles. The quantitative estimate of drug-likeness (QED) is 0.711. The van der Waals surface area contributed by atoms with E-state index >= 15 is 0 Å². The topological polar surface area (TPSA) is 0 Å². The molecule has 0 spiro atoms. The lowest BCUT2D eigenvalue weighted by Gasteiger charge is -2.02. The normalized spacial score (nSPS) is 12.2. The molecule has 0 nitrogen and oxygen atoms in total. The molecule has 0 aromatic heterocycles. The van der Waals surface area contributed by atoms with Crippen LogP contribution >= 0.6 is 15.9 Å². The van der Waals surface area contributed by atoms with Crippen LogP contribution in [0.15, 0.2) is 34.8 Å². The molecule has 0 fully saturated rings. The Morgan fingerprint density at radius 2 is 1.83 bits per heavy atom. The number of rotatable bonds is 2. The van der Waals surface area contributed by atoms with Crippen molar-refractivity contribution in [3.05, 3.63) is 40.4 Å². The molecule has 1 aromatic carbocycles. The minimum Gasteiger partial charge on any atom is -0.0622 e. The highest BCUT2D eigenvalue weighted by molar-refractivity contribution is 9.11. The second kappa shape index (κ2) is 4.46. The molecular formula is C11H13Br. The Kier molecular flexibility index (Phi) is 3.54. The molecule has 0 amide bonds. The first-order valence-electron chi connectivity index (χ1n) is 4.12. The third kappa shape index (κ3) is 2.82. The largest absolute Gasteiger partial charge is 0.0622 e. The van der Waals surface area contributed by atoms with Gasteiger partial charge in [0.05, 0.1) is 0 Å². The predicted molar refractivity (Wildman–Crippen MR) is 58.2 cm³/mol. The van der Waals surface area contributed by atoms with Gasteiger partial charge in [-0.05, 0) is 22.0 Å². The Balaban J connectivity index is 2.81. The van der Waals surface area contributed by atoms with Crippen molar-refractivity contribution in [3.63, 3.8) is 0 Å². The lowest BCUT2D eigenvalue weighted by molar-refractivity contribution is 0.825. The number of hydrogen-bond acceptors (Lipinski definition) is 0. The zero-order valence-electron chi connectivity index (χ0n) is 7.42. The third-order valence-corrected chi connectivity index (χ3v) is 2.80. The van der Waals surface area contributed by atoms with Crippen LogP contribution in [0.4, 0.5) is 0 Å². The van der Waals surface area contributed by atoms with E-state index in [1.165, 1.54) is 10.0 Å². The van der Waals surface area contributed by atoms with E-state index in [-0.39, 0.29) is 0 Å². The molecule has 0 aliphatic rings. The monoisotopic (exact) mass is 224 g/mol. The second-order valence-electron chi connectivity index (χ2n) is 3.09. The van der Waals surface area contributed by atoms with E-state index in [2.05, 4.69) is 48.0 Å². The number of allylic oxidation sites excluding steroid dienone is 1. The fourth-order valence-corrected chi connectivity index (χ4v) is 1.14. The first kappa shape index (κ1) is 9.53. The van der Waals surface area contributed by atoms with Gasteiger partial charge in [-0.1, -0.05) is 60.1 Å². The molecule has 0 saturated heterocycles. The van der Waals surface area contributed by atoms with Crippen molar-refractivity contribution in [2.75, 3.05) is 0 Å². The lowest BCUT2D eigenvalue weighted by Crippen LogP contribution is -1.84. The van der Waals surface area contributed by atoms with Crippen molar-refractivity contribution in [2.24, 2.45) is 5.92 Å². The maximum Gasteiger partial charge on any atom is -0.00179 e. The molecule has 0 heterocycles. The van der Waals surface area contributed by atoms with Crippen LogP contribution < -0.4 is 0 Å². The average molecular weight is 225 g/mol. The Bertz CT molecular complexity index is 260. The van der Waals surface area contributed by atoms with Gasteiger partial charge in [-0.3, -0.25) is 0 Å². The molecule has 12 heavy (non-hydrogen) atoms. The van der Waals surface area contributed by atoms with E-state index in [0.717, 1.165) is 0 Å². The van der Waals surface area contributed by atoms with E-state index in [1.807, 2.05) is 18.2 Å². The van der Waals surface area contributed by atoms with Crippen LogP contribution in [0, 0.1) is 5.92 Å². The molecule has 0 unspecified atom stereocenters. The van der Waals surface area contributed by atoms with Crippen molar-refractivity contribution in [1.82, 2.24) is 0 Å². The summed E-state index contributed by atoms with van der Waals surface area (Å²) in [5, 5.41) is 0. The Labute approximate surface area is 82.4 Å². The summed E-state index contributed by atoms with van der Waals surface area (Å²) in [6.45, 7) is 4.34. The van der Waals surface area contributed by atoms with Crippen LogP contribution in [0.5, 0.6) is 0 Å². The molecule has 0 N–H and O–H groups in total. The number of benzene rings is 1. The highest BCUT2D eigenvalue weighted by atomic mass is 79.9. The van der Waals surface area contributed by atoms with Gasteiger partial charge in [0.25, 0.3) is 0 Å². The molecule has 0 radical (unpaired) electrons. The van der Waals surface area contributed by atoms with Crippen molar-refractivity contribution in [3.8, 4) is 0 Å². The fraction of sp³-hybridized carbons (Fsp3) is 0.273. The standard InChI is InChI=1S/C11H13Br/c1-9(2)11(12)8-10-6-4-3-5-7-10/h3-9H,1-2H3. The molecule has 64 valence electrons. The summed E-state index contributed by atoms with van der Waals surface area (Å²) in [5.41, 5.74) is 1.25. The lowest BCUT2D eigenvalue weighted by atomic mass is 10.1. The smallest absolute Gasteiger partial charge is 0.00179 e. The maximum absolute atomic E-state index is 3.54. The Hall–Kier alpha value is -0.560. The third-order valence-electron chi connectivity index (χ3n) is 1.66. The van der Waals surface area contributed by atoms with Crippen LogP contribution in [0.1, 0.15) is 19.4 Å². The maximum atomic E-state index is 3.54. The number of halogens is 1. The summed E-state index contributed by atoms with van der Waals surface area (Å²) in [6, 6.07) is 10.3. The number of hydrogen-bond donors (Lipinski definition) is 0. The first-order chi connectivity index (χ1) is 5.70. The van der Waals surface area contributed by atoms with Crippen LogP contribution in [-0.4, -0.2) is 0 Å². The van der Waals surface area contributed by atoms with Crippen molar-refractivity contribution >= 4 is 22.0 Å². The SMILES string of the molecule is CC(C)C(Br)=Cc1ccccc1. The zero-order valence-corrected chi connectivity index (χ0v) is 9.01. The summed E-state index contributed by atoms with van der Waals surface area (Å²) < 4.78 is 1.24. The molecule has 1 aromatic rings. The van der Waals surface area contributed by atoms with E-state index in [9.17, 15) is 0 Å². The predicted octanol–water partition coefficient (Wildman–Crippen LogP) is 4.08. The van der Waals surface area contributed by atoms with Crippen LogP contribution in [-0.2, 0) is 0 Å². The van der Waals surface area contributed by atoms with Gasteiger partial charge in [-0.15, -0.1) is 0 Å². The van der Waals surface area contributed by atoms with Crippen LogP contribution in [0.3, 0.4) is 0 Å². The summed E-state index contributed by atoms with van der Waals surface area (Å²) in [4.78, 5) is 0. The summed E-state index contributed by atoms with van der Waals surface area (Å²) >= 11 is 3.54. The zero-order chi connectivity index (χ0) is 8.97. The minimum absolute atomic E-state index is 0.560. The van der Waals surface area contributed by atoms with Crippen molar-refractivity contribution < 1.29 is 0 Å². The molecular weight excluding hydrogens is 212 g/mol. The van der Waals surface area contributed by atoms with E-state index in [1.54, 1.807) is 0 Å².